The largest absolute Gasteiger partial charge is 0.481 e. The quantitative estimate of drug-likeness (QED) is 0.677. The van der Waals surface area contributed by atoms with Crippen LogP contribution in [-0.2, 0) is 14.3 Å². The standard InChI is InChI=1S/C8H17NO2.C2H4O2/c1-3-4-5-7(9)6-8(10)11-2;1-2(3)4/h7H,3-6,9H2,1-2H3;1H3,(H,3,4)/t7-;/m1./s1. The second-order valence-corrected chi connectivity index (χ2v) is 3.20. The Labute approximate surface area is 90.6 Å². The van der Waals surface area contributed by atoms with E-state index in [0.717, 1.165) is 26.2 Å². The normalized spacial score (nSPS) is 10.9. The Bertz CT molecular complexity index is 178. The Morgan fingerprint density at radius 3 is 2.27 bits per heavy atom. The topological polar surface area (TPSA) is 89.6 Å². The van der Waals surface area contributed by atoms with Crippen molar-refractivity contribution in [1.29, 1.82) is 0 Å². The van der Waals surface area contributed by atoms with E-state index in [2.05, 4.69) is 11.7 Å². The number of rotatable bonds is 5. The summed E-state index contributed by atoms with van der Waals surface area (Å²) >= 11 is 0. The summed E-state index contributed by atoms with van der Waals surface area (Å²) in [5.74, 6) is -1.05. The summed E-state index contributed by atoms with van der Waals surface area (Å²) in [4.78, 5) is 19.7. The van der Waals surface area contributed by atoms with Crippen LogP contribution in [0, 0.1) is 0 Å². The fourth-order valence-corrected chi connectivity index (χ4v) is 0.866. The zero-order valence-electron chi connectivity index (χ0n) is 9.66. The molecule has 5 heteroatoms. The molecule has 0 bridgehead atoms. The van der Waals surface area contributed by atoms with Gasteiger partial charge in [0.2, 0.25) is 0 Å². The molecule has 0 aliphatic heterocycles. The van der Waals surface area contributed by atoms with Crippen LogP contribution in [0.25, 0.3) is 0 Å². The van der Waals surface area contributed by atoms with E-state index in [1.54, 1.807) is 0 Å². The van der Waals surface area contributed by atoms with Crippen LogP contribution in [-0.4, -0.2) is 30.2 Å². The molecule has 90 valence electrons. The summed E-state index contributed by atoms with van der Waals surface area (Å²) < 4.78 is 4.48. The lowest BCUT2D eigenvalue weighted by molar-refractivity contribution is -0.141. The lowest BCUT2D eigenvalue weighted by atomic mass is 10.1. The van der Waals surface area contributed by atoms with Gasteiger partial charge in [0.25, 0.3) is 5.97 Å². The average Bonchev–Trinajstić information content (AvgIpc) is 2.13. The van der Waals surface area contributed by atoms with E-state index in [0.29, 0.717) is 6.42 Å². The summed E-state index contributed by atoms with van der Waals surface area (Å²) in [5.41, 5.74) is 5.64. The van der Waals surface area contributed by atoms with Crippen LogP contribution in [0.2, 0.25) is 0 Å². The number of methoxy groups -OCH3 is 1. The van der Waals surface area contributed by atoms with Gasteiger partial charge in [0.05, 0.1) is 13.5 Å². The van der Waals surface area contributed by atoms with Crippen LogP contribution < -0.4 is 5.73 Å². The lowest BCUT2D eigenvalue weighted by Gasteiger charge is -2.07. The van der Waals surface area contributed by atoms with Crippen molar-refractivity contribution in [3.63, 3.8) is 0 Å². The minimum atomic E-state index is -0.833. The number of ether oxygens (including phenoxy) is 1. The third-order valence-corrected chi connectivity index (χ3v) is 1.58. The molecule has 0 spiro atoms. The predicted octanol–water partition coefficient (Wildman–Crippen LogP) is 1.16. The number of hydrogen-bond acceptors (Lipinski definition) is 4. The smallest absolute Gasteiger partial charge is 0.307 e. The maximum atomic E-state index is 10.7. The third-order valence-electron chi connectivity index (χ3n) is 1.58. The van der Waals surface area contributed by atoms with Crippen molar-refractivity contribution in [2.24, 2.45) is 5.73 Å². The molecule has 0 unspecified atom stereocenters. The molecule has 15 heavy (non-hydrogen) atoms. The number of carbonyl (C=O) groups excluding carboxylic acids is 1. The van der Waals surface area contributed by atoms with Crippen molar-refractivity contribution in [1.82, 2.24) is 0 Å². The van der Waals surface area contributed by atoms with Crippen molar-refractivity contribution in [3.05, 3.63) is 0 Å². The third kappa shape index (κ3) is 19.3. The van der Waals surface area contributed by atoms with E-state index in [1.807, 2.05) is 0 Å². The molecule has 0 saturated heterocycles. The van der Waals surface area contributed by atoms with Gasteiger partial charge in [0.1, 0.15) is 0 Å². The SMILES string of the molecule is CC(=O)O.CCCC[C@@H](N)CC(=O)OC. The number of unbranched alkanes of at least 4 members (excludes halogenated alkanes) is 1. The van der Waals surface area contributed by atoms with Gasteiger partial charge >= 0.3 is 5.97 Å². The number of aliphatic carboxylic acids is 1. The first-order valence-corrected chi connectivity index (χ1v) is 4.95. The van der Waals surface area contributed by atoms with Crippen molar-refractivity contribution in [2.45, 2.75) is 45.6 Å². The summed E-state index contributed by atoms with van der Waals surface area (Å²) in [6.07, 6.45) is 3.45. The molecule has 0 saturated carbocycles. The maximum absolute atomic E-state index is 10.7. The highest BCUT2D eigenvalue weighted by Gasteiger charge is 2.07. The number of nitrogens with two attached hydrogens (primary N) is 1. The van der Waals surface area contributed by atoms with Crippen molar-refractivity contribution < 1.29 is 19.4 Å². The monoisotopic (exact) mass is 219 g/mol. The van der Waals surface area contributed by atoms with E-state index < -0.39 is 5.97 Å². The molecule has 0 amide bonds. The van der Waals surface area contributed by atoms with Crippen LogP contribution in [0.1, 0.15) is 39.5 Å². The number of carbonyl (C=O) groups is 2. The van der Waals surface area contributed by atoms with E-state index in [1.165, 1.54) is 7.11 Å². The second-order valence-electron chi connectivity index (χ2n) is 3.20. The van der Waals surface area contributed by atoms with Crippen LogP contribution in [0.4, 0.5) is 0 Å². The van der Waals surface area contributed by atoms with Crippen molar-refractivity contribution in [2.75, 3.05) is 7.11 Å². The van der Waals surface area contributed by atoms with E-state index >= 15 is 0 Å². The molecule has 1 atom stereocenters. The molecular weight excluding hydrogens is 198 g/mol. The molecule has 0 aliphatic carbocycles. The second kappa shape index (κ2) is 11.0. The summed E-state index contributed by atoms with van der Waals surface area (Å²) in [6.45, 7) is 3.19. The zero-order valence-corrected chi connectivity index (χ0v) is 9.66. The molecular formula is C10H21NO4. The van der Waals surface area contributed by atoms with Crippen LogP contribution >= 0.6 is 0 Å². The molecule has 0 aromatic rings. The summed E-state index contributed by atoms with van der Waals surface area (Å²) in [6, 6.07) is -0.0256. The minimum absolute atomic E-state index is 0.0256. The first-order chi connectivity index (χ1) is 6.93. The van der Waals surface area contributed by atoms with E-state index in [4.69, 9.17) is 15.6 Å². The van der Waals surface area contributed by atoms with Gasteiger partial charge in [-0.15, -0.1) is 0 Å². The van der Waals surface area contributed by atoms with Gasteiger partial charge in [0.15, 0.2) is 0 Å². The molecule has 3 N–H and O–H groups in total. The minimum Gasteiger partial charge on any atom is -0.481 e. The number of carboxylic acids is 1. The average molecular weight is 219 g/mol. The Morgan fingerprint density at radius 1 is 1.47 bits per heavy atom. The molecule has 0 aromatic carbocycles. The Hall–Kier alpha value is -1.10. The number of hydrogen-bond donors (Lipinski definition) is 2. The molecule has 0 fully saturated rings. The van der Waals surface area contributed by atoms with Crippen LogP contribution in [0.3, 0.4) is 0 Å². The Morgan fingerprint density at radius 2 is 1.93 bits per heavy atom. The van der Waals surface area contributed by atoms with Gasteiger partial charge in [-0.2, -0.15) is 0 Å². The Balaban J connectivity index is 0. The maximum Gasteiger partial charge on any atom is 0.307 e. The Kier molecular flexibility index (Phi) is 12.0. The highest BCUT2D eigenvalue weighted by Crippen LogP contribution is 2.02. The lowest BCUT2D eigenvalue weighted by Crippen LogP contribution is -2.24. The van der Waals surface area contributed by atoms with Crippen LogP contribution in [0.5, 0.6) is 0 Å². The van der Waals surface area contributed by atoms with Gasteiger partial charge in [-0.05, 0) is 6.42 Å². The van der Waals surface area contributed by atoms with Gasteiger partial charge < -0.3 is 15.6 Å². The molecule has 0 aromatic heterocycles. The number of carboxylic acid groups (broad SMARTS) is 1. The summed E-state index contributed by atoms with van der Waals surface area (Å²) in [7, 11) is 1.38. The van der Waals surface area contributed by atoms with E-state index in [-0.39, 0.29) is 12.0 Å². The summed E-state index contributed by atoms with van der Waals surface area (Å²) in [5, 5.41) is 7.42. The first-order valence-electron chi connectivity index (χ1n) is 4.95. The number of esters is 1. The fraction of sp³-hybridized carbons (Fsp3) is 0.800. The zero-order chi connectivity index (χ0) is 12.3. The van der Waals surface area contributed by atoms with Crippen molar-refractivity contribution >= 4 is 11.9 Å². The highest BCUT2D eigenvalue weighted by atomic mass is 16.5. The van der Waals surface area contributed by atoms with Gasteiger partial charge in [-0.1, -0.05) is 19.8 Å². The van der Waals surface area contributed by atoms with Crippen molar-refractivity contribution in [3.8, 4) is 0 Å². The predicted molar refractivity (Wildman–Crippen MR) is 57.4 cm³/mol. The first kappa shape index (κ1) is 16.3. The molecule has 5 nitrogen and oxygen atoms in total. The molecule has 0 heterocycles. The fourth-order valence-electron chi connectivity index (χ4n) is 0.866. The molecule has 0 rings (SSSR count). The highest BCUT2D eigenvalue weighted by molar-refractivity contribution is 5.69. The van der Waals surface area contributed by atoms with Crippen LogP contribution in [0.15, 0.2) is 0 Å². The molecule has 0 aliphatic rings. The van der Waals surface area contributed by atoms with Gasteiger partial charge in [0, 0.05) is 13.0 Å². The van der Waals surface area contributed by atoms with Gasteiger partial charge in [-0.3, -0.25) is 9.59 Å². The van der Waals surface area contributed by atoms with E-state index in [9.17, 15) is 4.79 Å². The van der Waals surface area contributed by atoms with Gasteiger partial charge in [-0.25, -0.2) is 0 Å². The molecule has 0 radical (unpaired) electrons.